The van der Waals surface area contributed by atoms with Crippen LogP contribution in [0.1, 0.15) is 54.0 Å². The van der Waals surface area contributed by atoms with Gasteiger partial charge in [-0.2, -0.15) is 0 Å². The largest absolute Gasteiger partial charge is 0.409 e. The molecule has 0 aliphatic rings. The van der Waals surface area contributed by atoms with Crippen LogP contribution < -0.4 is 0 Å². The van der Waals surface area contributed by atoms with Crippen molar-refractivity contribution in [1.82, 2.24) is 0 Å². The van der Waals surface area contributed by atoms with E-state index in [4.69, 9.17) is 13.6 Å². The molecule has 0 bridgehead atoms. The summed E-state index contributed by atoms with van der Waals surface area (Å²) in [6, 6.07) is 9.95. The lowest BCUT2D eigenvalue weighted by atomic mass is 10.1. The Morgan fingerprint density at radius 3 is 1.81 bits per heavy atom. The predicted octanol–water partition coefficient (Wildman–Crippen LogP) is 5.93. The molecule has 0 fully saturated rings. The van der Waals surface area contributed by atoms with Gasteiger partial charge in [0, 0.05) is 0 Å². The third-order valence-electron chi connectivity index (χ3n) is 6.98. The molecule has 32 heavy (non-hydrogen) atoms. The maximum atomic E-state index is 12.3. The molecule has 1 aromatic rings. The molecule has 5 nitrogen and oxygen atoms in total. The SMILES string of the molecule is CC(=O)[C@@H](O)[C@@H](O[Si](C)(C)C(C)(C)C)[C@@H](COCc1ccccc1)O[Si](C)(C)C(C)(C)C. The van der Waals surface area contributed by atoms with Crippen LogP contribution in [0, 0.1) is 0 Å². The van der Waals surface area contributed by atoms with Gasteiger partial charge in [-0.1, -0.05) is 71.9 Å². The molecular formula is C25H46O5Si2. The molecule has 3 atom stereocenters. The van der Waals surface area contributed by atoms with Crippen LogP contribution in [-0.2, 0) is 25.0 Å². The van der Waals surface area contributed by atoms with E-state index in [0.717, 1.165) is 5.56 Å². The first-order valence-electron chi connectivity index (χ1n) is 11.5. The van der Waals surface area contributed by atoms with E-state index in [9.17, 15) is 9.90 Å². The number of aliphatic hydroxyl groups excluding tert-OH is 1. The normalized spacial score (nSPS) is 16.5. The van der Waals surface area contributed by atoms with Crippen molar-refractivity contribution in [1.29, 1.82) is 0 Å². The average Bonchev–Trinajstić information content (AvgIpc) is 2.63. The molecule has 1 rings (SSSR count). The number of hydrogen-bond acceptors (Lipinski definition) is 5. The van der Waals surface area contributed by atoms with Crippen LogP contribution in [0.25, 0.3) is 0 Å². The van der Waals surface area contributed by atoms with Crippen molar-refractivity contribution in [3.8, 4) is 0 Å². The highest BCUT2D eigenvalue weighted by Gasteiger charge is 2.47. The van der Waals surface area contributed by atoms with E-state index in [2.05, 4.69) is 67.7 Å². The van der Waals surface area contributed by atoms with Gasteiger partial charge in [0.15, 0.2) is 22.4 Å². The first kappa shape index (κ1) is 29.2. The number of rotatable bonds is 11. The molecule has 0 aliphatic heterocycles. The zero-order chi connectivity index (χ0) is 25.0. The number of aliphatic hydroxyl groups is 1. The molecule has 0 amide bonds. The van der Waals surface area contributed by atoms with Gasteiger partial charge in [-0.15, -0.1) is 0 Å². The maximum Gasteiger partial charge on any atom is 0.192 e. The number of ether oxygens (including phenoxy) is 1. The Morgan fingerprint density at radius 2 is 1.38 bits per heavy atom. The molecule has 0 saturated carbocycles. The smallest absolute Gasteiger partial charge is 0.192 e. The van der Waals surface area contributed by atoms with Gasteiger partial charge in [0.2, 0.25) is 0 Å². The van der Waals surface area contributed by atoms with Crippen molar-refractivity contribution in [3.05, 3.63) is 35.9 Å². The van der Waals surface area contributed by atoms with Crippen LogP contribution in [-0.4, -0.2) is 52.4 Å². The second-order valence-corrected chi connectivity index (χ2v) is 21.3. The van der Waals surface area contributed by atoms with Crippen molar-refractivity contribution >= 4 is 22.4 Å². The third kappa shape index (κ3) is 8.18. The molecule has 1 aromatic carbocycles. The fourth-order valence-corrected chi connectivity index (χ4v) is 5.34. The van der Waals surface area contributed by atoms with Crippen molar-refractivity contribution < 1.29 is 23.5 Å². The topological polar surface area (TPSA) is 65.0 Å². The molecule has 0 aliphatic carbocycles. The second-order valence-electron chi connectivity index (χ2n) is 11.8. The summed E-state index contributed by atoms with van der Waals surface area (Å²) in [7, 11) is -4.53. The van der Waals surface area contributed by atoms with Gasteiger partial charge >= 0.3 is 0 Å². The summed E-state index contributed by atoms with van der Waals surface area (Å²) >= 11 is 0. The third-order valence-corrected chi connectivity index (χ3v) is 16.0. The van der Waals surface area contributed by atoms with Gasteiger partial charge in [0.05, 0.1) is 19.3 Å². The molecule has 7 heteroatoms. The first-order valence-corrected chi connectivity index (χ1v) is 17.4. The molecule has 0 unspecified atom stereocenters. The summed E-state index contributed by atoms with van der Waals surface area (Å²) in [5.41, 5.74) is 1.06. The van der Waals surface area contributed by atoms with Crippen molar-refractivity contribution in [2.45, 2.75) is 110 Å². The first-order chi connectivity index (χ1) is 14.4. The lowest BCUT2D eigenvalue weighted by Crippen LogP contribution is -2.57. The Bertz CT molecular complexity index is 720. The van der Waals surface area contributed by atoms with Gasteiger partial charge in [-0.05, 0) is 48.8 Å². The highest BCUT2D eigenvalue weighted by molar-refractivity contribution is 6.74. The fraction of sp³-hybridized carbons (Fsp3) is 0.720. The lowest BCUT2D eigenvalue weighted by Gasteiger charge is -2.45. The van der Waals surface area contributed by atoms with Crippen LogP contribution in [0.3, 0.4) is 0 Å². The summed E-state index contributed by atoms with van der Waals surface area (Å²) in [5.74, 6) is -0.319. The lowest BCUT2D eigenvalue weighted by molar-refractivity contribution is -0.137. The molecule has 1 N–H and O–H groups in total. The number of carbonyl (C=O) groups is 1. The summed E-state index contributed by atoms with van der Waals surface area (Å²) < 4.78 is 19.4. The van der Waals surface area contributed by atoms with E-state index in [0.29, 0.717) is 6.61 Å². The Morgan fingerprint density at radius 1 is 0.906 bits per heavy atom. The van der Waals surface area contributed by atoms with E-state index in [1.165, 1.54) is 6.92 Å². The number of ketones is 1. The molecule has 184 valence electrons. The number of carbonyl (C=O) groups excluding carboxylic acids is 1. The predicted molar refractivity (Wildman–Crippen MR) is 137 cm³/mol. The van der Waals surface area contributed by atoms with Gasteiger partial charge in [-0.3, -0.25) is 4.79 Å². The molecule has 0 radical (unpaired) electrons. The van der Waals surface area contributed by atoms with E-state index in [1.807, 2.05) is 30.3 Å². The van der Waals surface area contributed by atoms with E-state index < -0.39 is 34.9 Å². The zero-order valence-electron chi connectivity index (χ0n) is 22.1. The molecule has 0 saturated heterocycles. The minimum atomic E-state index is -2.30. The zero-order valence-corrected chi connectivity index (χ0v) is 24.1. The Labute approximate surface area is 198 Å². The molecule has 0 aromatic heterocycles. The second kappa shape index (κ2) is 11.1. The summed E-state index contributed by atoms with van der Waals surface area (Å²) in [6.45, 7) is 23.6. The Hall–Kier alpha value is -0.836. The number of benzene rings is 1. The fourth-order valence-electron chi connectivity index (χ4n) is 2.71. The summed E-state index contributed by atoms with van der Waals surface area (Å²) in [4.78, 5) is 12.3. The summed E-state index contributed by atoms with van der Waals surface area (Å²) in [6.07, 6.45) is -2.59. The van der Waals surface area contributed by atoms with Gasteiger partial charge < -0.3 is 18.7 Å². The maximum absolute atomic E-state index is 12.3. The molecular weight excluding hydrogens is 436 g/mol. The molecule has 0 spiro atoms. The van der Waals surface area contributed by atoms with Gasteiger partial charge in [0.1, 0.15) is 12.2 Å². The summed E-state index contributed by atoms with van der Waals surface area (Å²) in [5, 5.41) is 10.8. The van der Waals surface area contributed by atoms with Crippen LogP contribution in [0.15, 0.2) is 30.3 Å². The van der Waals surface area contributed by atoms with Crippen LogP contribution in [0.5, 0.6) is 0 Å². The van der Waals surface area contributed by atoms with Crippen molar-refractivity contribution in [2.24, 2.45) is 0 Å². The standard InChI is InChI=1S/C25H46O5Si2/c1-19(26)22(27)23(30-32(10,11)25(5,6)7)21(29-31(8,9)24(2,3)4)18-28-17-20-15-13-12-14-16-20/h12-16,21-23,27H,17-18H2,1-11H3/t21-,22-,23+/m1/s1. The molecule has 0 heterocycles. The van der Waals surface area contributed by atoms with E-state index in [-0.39, 0.29) is 22.5 Å². The van der Waals surface area contributed by atoms with Gasteiger partial charge in [0.25, 0.3) is 0 Å². The van der Waals surface area contributed by atoms with Gasteiger partial charge in [-0.25, -0.2) is 0 Å². The quantitative estimate of drug-likeness (QED) is 0.396. The van der Waals surface area contributed by atoms with E-state index >= 15 is 0 Å². The number of hydrogen-bond donors (Lipinski definition) is 1. The van der Waals surface area contributed by atoms with Crippen LogP contribution >= 0.6 is 0 Å². The minimum absolute atomic E-state index is 0.0343. The van der Waals surface area contributed by atoms with Crippen molar-refractivity contribution in [3.63, 3.8) is 0 Å². The van der Waals surface area contributed by atoms with Crippen molar-refractivity contribution in [2.75, 3.05) is 6.61 Å². The minimum Gasteiger partial charge on any atom is -0.409 e. The Kier molecular flexibility index (Phi) is 10.1. The highest BCUT2D eigenvalue weighted by atomic mass is 28.4. The highest BCUT2D eigenvalue weighted by Crippen LogP contribution is 2.41. The van der Waals surface area contributed by atoms with E-state index in [1.54, 1.807) is 0 Å². The van der Waals surface area contributed by atoms with Crippen LogP contribution in [0.4, 0.5) is 0 Å². The number of Topliss-reactive ketones (excluding diaryl/α,β-unsaturated/α-hetero) is 1. The monoisotopic (exact) mass is 482 g/mol. The average molecular weight is 483 g/mol. The van der Waals surface area contributed by atoms with Crippen LogP contribution in [0.2, 0.25) is 36.3 Å². The Balaban J connectivity index is 3.26.